The number of hydrogen-bond acceptors (Lipinski definition) is 7. The molecule has 2 unspecified atom stereocenters. The summed E-state index contributed by atoms with van der Waals surface area (Å²) in [5.41, 5.74) is 7.22. The highest BCUT2D eigenvalue weighted by Gasteiger charge is 2.43. The van der Waals surface area contributed by atoms with Crippen LogP contribution in [0.3, 0.4) is 0 Å². The van der Waals surface area contributed by atoms with Crippen molar-refractivity contribution in [2.45, 2.75) is 26.7 Å². The third-order valence-corrected chi connectivity index (χ3v) is 5.43. The number of nitrogens with two attached hydrogens (primary N) is 1. The Morgan fingerprint density at radius 2 is 1.90 bits per heavy atom. The molecule has 1 aromatic rings. The standard InChI is InChI=1S/C20H24ClN3O4S/c1-4-27-18(25)15-11(3)24-14(10-29-20(22)23)17(19(26)28-5-2)16(15)12-8-6-7-9-13(12)21/h6-9,15-16H,4-5,10H2,1-3H3,(H3,22,23). The molecule has 2 rings (SSSR count). The lowest BCUT2D eigenvalue weighted by molar-refractivity contribution is -0.146. The summed E-state index contributed by atoms with van der Waals surface area (Å²) in [6.07, 6.45) is 0. The molecule has 1 aliphatic heterocycles. The van der Waals surface area contributed by atoms with Crippen LogP contribution in [0.4, 0.5) is 0 Å². The maximum absolute atomic E-state index is 12.9. The van der Waals surface area contributed by atoms with Crippen molar-refractivity contribution in [2.75, 3.05) is 19.0 Å². The summed E-state index contributed by atoms with van der Waals surface area (Å²) in [4.78, 5) is 30.3. The first-order chi connectivity index (χ1) is 13.8. The van der Waals surface area contributed by atoms with E-state index in [9.17, 15) is 9.59 Å². The zero-order valence-electron chi connectivity index (χ0n) is 16.5. The van der Waals surface area contributed by atoms with Crippen LogP contribution in [0.25, 0.3) is 0 Å². The van der Waals surface area contributed by atoms with Crippen molar-refractivity contribution in [2.24, 2.45) is 16.6 Å². The lowest BCUT2D eigenvalue weighted by atomic mass is 9.75. The van der Waals surface area contributed by atoms with E-state index in [1.807, 2.05) is 0 Å². The molecule has 9 heteroatoms. The van der Waals surface area contributed by atoms with Gasteiger partial charge in [0.1, 0.15) is 5.92 Å². The van der Waals surface area contributed by atoms with Gasteiger partial charge in [-0.3, -0.25) is 15.2 Å². The van der Waals surface area contributed by atoms with Crippen molar-refractivity contribution < 1.29 is 19.1 Å². The molecular weight excluding hydrogens is 414 g/mol. The molecule has 2 atom stereocenters. The Morgan fingerprint density at radius 1 is 1.24 bits per heavy atom. The molecule has 7 nitrogen and oxygen atoms in total. The zero-order valence-corrected chi connectivity index (χ0v) is 18.1. The second-order valence-corrected chi connectivity index (χ2v) is 7.64. The van der Waals surface area contributed by atoms with Crippen LogP contribution >= 0.6 is 23.4 Å². The summed E-state index contributed by atoms with van der Waals surface area (Å²) in [5, 5.41) is 7.80. The highest BCUT2D eigenvalue weighted by molar-refractivity contribution is 8.13. The monoisotopic (exact) mass is 437 g/mol. The second-order valence-electron chi connectivity index (χ2n) is 6.22. The molecule has 156 valence electrons. The molecule has 0 bridgehead atoms. The molecule has 0 amide bonds. The SMILES string of the molecule is CCOC(=O)C1=C(CSC(=N)N)N=C(C)C(C(=O)OCC)C1c1ccccc1Cl. The van der Waals surface area contributed by atoms with Gasteiger partial charge >= 0.3 is 11.9 Å². The van der Waals surface area contributed by atoms with Gasteiger partial charge in [0.05, 0.1) is 24.5 Å². The Hall–Kier alpha value is -2.32. The van der Waals surface area contributed by atoms with Crippen molar-refractivity contribution in [1.29, 1.82) is 5.41 Å². The van der Waals surface area contributed by atoms with Crippen molar-refractivity contribution in [3.8, 4) is 0 Å². The highest BCUT2D eigenvalue weighted by atomic mass is 35.5. The van der Waals surface area contributed by atoms with Crippen LogP contribution in [-0.4, -0.2) is 41.8 Å². The van der Waals surface area contributed by atoms with Gasteiger partial charge in [0.15, 0.2) is 5.17 Å². The number of benzene rings is 1. The lowest BCUT2D eigenvalue weighted by Crippen LogP contribution is -2.37. The lowest BCUT2D eigenvalue weighted by Gasteiger charge is -2.32. The van der Waals surface area contributed by atoms with E-state index in [-0.39, 0.29) is 29.7 Å². The molecule has 29 heavy (non-hydrogen) atoms. The largest absolute Gasteiger partial charge is 0.465 e. The maximum atomic E-state index is 12.9. The number of halogens is 1. The number of ether oxygens (including phenoxy) is 2. The minimum absolute atomic E-state index is 0.102. The normalized spacial score (nSPS) is 18.8. The molecular formula is C20H24ClN3O4S. The van der Waals surface area contributed by atoms with Gasteiger partial charge < -0.3 is 15.2 Å². The first kappa shape index (κ1) is 23.0. The van der Waals surface area contributed by atoms with E-state index in [0.717, 1.165) is 11.8 Å². The van der Waals surface area contributed by atoms with Gasteiger partial charge in [-0.1, -0.05) is 41.6 Å². The molecule has 1 aliphatic rings. The number of nitrogens with zero attached hydrogens (tertiary/aromatic N) is 1. The highest BCUT2D eigenvalue weighted by Crippen LogP contribution is 2.43. The summed E-state index contributed by atoms with van der Waals surface area (Å²) >= 11 is 7.49. The van der Waals surface area contributed by atoms with Crippen LogP contribution in [0.5, 0.6) is 0 Å². The number of carbonyl (C=O) groups excluding carboxylic acids is 2. The van der Waals surface area contributed by atoms with Gasteiger partial charge in [-0.2, -0.15) is 0 Å². The van der Waals surface area contributed by atoms with Crippen LogP contribution < -0.4 is 5.73 Å². The number of carbonyl (C=O) groups is 2. The minimum Gasteiger partial charge on any atom is -0.465 e. The fourth-order valence-electron chi connectivity index (χ4n) is 3.24. The van der Waals surface area contributed by atoms with Crippen LogP contribution in [0.2, 0.25) is 5.02 Å². The average Bonchev–Trinajstić information content (AvgIpc) is 2.66. The second kappa shape index (κ2) is 10.5. The van der Waals surface area contributed by atoms with Gasteiger partial charge in [0.2, 0.25) is 0 Å². The number of thioether (sulfide) groups is 1. The van der Waals surface area contributed by atoms with E-state index in [1.165, 1.54) is 0 Å². The van der Waals surface area contributed by atoms with Crippen molar-refractivity contribution in [3.05, 3.63) is 46.1 Å². The van der Waals surface area contributed by atoms with E-state index in [2.05, 4.69) is 4.99 Å². The van der Waals surface area contributed by atoms with Gasteiger partial charge in [-0.05, 0) is 32.4 Å². The number of nitrogens with one attached hydrogen (secondary N) is 1. The summed E-state index contributed by atoms with van der Waals surface area (Å²) < 4.78 is 10.5. The third-order valence-electron chi connectivity index (χ3n) is 4.36. The van der Waals surface area contributed by atoms with Crippen molar-refractivity contribution in [3.63, 3.8) is 0 Å². The van der Waals surface area contributed by atoms with E-state index in [4.69, 9.17) is 32.2 Å². The number of hydrogen-bond donors (Lipinski definition) is 2. The van der Waals surface area contributed by atoms with E-state index in [1.54, 1.807) is 45.0 Å². The average molecular weight is 438 g/mol. The van der Waals surface area contributed by atoms with Gasteiger partial charge in [0, 0.05) is 22.4 Å². The van der Waals surface area contributed by atoms with Crippen molar-refractivity contribution in [1.82, 2.24) is 0 Å². The maximum Gasteiger partial charge on any atom is 0.336 e. The Kier molecular flexibility index (Phi) is 8.28. The minimum atomic E-state index is -0.819. The predicted molar refractivity (Wildman–Crippen MR) is 115 cm³/mol. The summed E-state index contributed by atoms with van der Waals surface area (Å²) in [6.45, 7) is 5.49. The third kappa shape index (κ3) is 5.39. The molecule has 0 saturated carbocycles. The van der Waals surface area contributed by atoms with Crippen molar-refractivity contribution >= 4 is 46.2 Å². The van der Waals surface area contributed by atoms with Crippen LogP contribution in [-0.2, 0) is 19.1 Å². The predicted octanol–water partition coefficient (Wildman–Crippen LogP) is 3.52. The number of aliphatic imine (C=N–C) groups is 1. The Morgan fingerprint density at radius 3 is 2.48 bits per heavy atom. The molecule has 1 heterocycles. The van der Waals surface area contributed by atoms with E-state index in [0.29, 0.717) is 22.0 Å². The molecule has 3 N–H and O–H groups in total. The summed E-state index contributed by atoms with van der Waals surface area (Å²) in [7, 11) is 0. The quantitative estimate of drug-likeness (QED) is 0.383. The molecule has 0 saturated heterocycles. The first-order valence-electron chi connectivity index (χ1n) is 9.14. The van der Waals surface area contributed by atoms with Crippen LogP contribution in [0.1, 0.15) is 32.3 Å². The summed E-state index contributed by atoms with van der Waals surface area (Å²) in [6, 6.07) is 7.03. The Labute approximate surface area is 179 Å². The Bertz CT molecular complexity index is 869. The van der Waals surface area contributed by atoms with E-state index < -0.39 is 23.8 Å². The number of amidine groups is 1. The van der Waals surface area contributed by atoms with E-state index >= 15 is 0 Å². The molecule has 1 aromatic carbocycles. The number of esters is 2. The van der Waals surface area contributed by atoms with Gasteiger partial charge in [-0.15, -0.1) is 0 Å². The van der Waals surface area contributed by atoms with Gasteiger partial charge in [0.25, 0.3) is 0 Å². The smallest absolute Gasteiger partial charge is 0.336 e. The first-order valence-corrected chi connectivity index (χ1v) is 10.5. The molecule has 0 aromatic heterocycles. The fraction of sp³-hybridized carbons (Fsp3) is 0.400. The molecule has 0 spiro atoms. The topological polar surface area (TPSA) is 115 Å². The molecule has 0 fully saturated rings. The molecule has 0 radical (unpaired) electrons. The zero-order chi connectivity index (χ0) is 21.6. The molecule has 0 aliphatic carbocycles. The Balaban J connectivity index is 2.71. The van der Waals surface area contributed by atoms with Gasteiger partial charge in [-0.25, -0.2) is 4.79 Å². The van der Waals surface area contributed by atoms with Crippen LogP contribution in [0.15, 0.2) is 40.5 Å². The van der Waals surface area contributed by atoms with Crippen LogP contribution in [0, 0.1) is 11.3 Å². The number of rotatable bonds is 7. The fourth-order valence-corrected chi connectivity index (χ4v) is 4.01. The summed E-state index contributed by atoms with van der Waals surface area (Å²) in [5.74, 6) is -2.42.